The quantitative estimate of drug-likeness (QED) is 0.882. The summed E-state index contributed by atoms with van der Waals surface area (Å²) in [5, 5.41) is 10.2. The van der Waals surface area contributed by atoms with Gasteiger partial charge in [-0.15, -0.1) is 0 Å². The standard InChI is InChI=1S/C14H17NO2/c1-9-5-4-6-12-13(9)11(8-15(12)3)7-10(2)14(16)17/h4-6,8,10H,7H2,1-3H3,(H,16,17). The zero-order valence-corrected chi connectivity index (χ0v) is 10.4. The van der Waals surface area contributed by atoms with Crippen LogP contribution in [-0.4, -0.2) is 15.6 Å². The van der Waals surface area contributed by atoms with Gasteiger partial charge in [0.2, 0.25) is 0 Å². The van der Waals surface area contributed by atoms with Crippen molar-refractivity contribution in [2.75, 3.05) is 0 Å². The Morgan fingerprint density at radius 1 is 1.47 bits per heavy atom. The maximum absolute atomic E-state index is 10.9. The van der Waals surface area contributed by atoms with Crippen LogP contribution in [0.1, 0.15) is 18.1 Å². The molecule has 1 atom stereocenters. The third kappa shape index (κ3) is 2.05. The SMILES string of the molecule is Cc1cccc2c1c(CC(C)C(=O)O)cn2C. The number of nitrogens with zero attached hydrogens (tertiary/aromatic N) is 1. The van der Waals surface area contributed by atoms with Crippen LogP contribution < -0.4 is 0 Å². The van der Waals surface area contributed by atoms with E-state index in [1.54, 1.807) is 6.92 Å². The molecule has 3 heteroatoms. The van der Waals surface area contributed by atoms with Gasteiger partial charge in [-0.2, -0.15) is 0 Å². The number of fused-ring (bicyclic) bond motifs is 1. The lowest BCUT2D eigenvalue weighted by Crippen LogP contribution is -2.12. The Bertz CT molecular complexity index is 569. The number of aliphatic carboxylic acids is 1. The summed E-state index contributed by atoms with van der Waals surface area (Å²) in [7, 11) is 2.00. The molecule has 0 saturated carbocycles. The number of carbonyl (C=O) groups is 1. The molecule has 0 spiro atoms. The summed E-state index contributed by atoms with van der Waals surface area (Å²) in [6.45, 7) is 3.82. The first kappa shape index (κ1) is 11.7. The van der Waals surface area contributed by atoms with Gasteiger partial charge in [-0.25, -0.2) is 0 Å². The molecule has 0 fully saturated rings. The molecule has 2 rings (SSSR count). The molecular formula is C14H17NO2. The van der Waals surface area contributed by atoms with E-state index in [1.807, 2.05) is 19.3 Å². The monoisotopic (exact) mass is 231 g/mol. The Hall–Kier alpha value is -1.77. The first-order valence-electron chi connectivity index (χ1n) is 5.77. The summed E-state index contributed by atoms with van der Waals surface area (Å²) >= 11 is 0. The molecule has 0 bridgehead atoms. The maximum Gasteiger partial charge on any atom is 0.306 e. The number of hydrogen-bond acceptors (Lipinski definition) is 1. The smallest absolute Gasteiger partial charge is 0.306 e. The molecule has 17 heavy (non-hydrogen) atoms. The normalized spacial score (nSPS) is 12.9. The minimum absolute atomic E-state index is 0.347. The topological polar surface area (TPSA) is 42.2 Å². The molecule has 0 radical (unpaired) electrons. The van der Waals surface area contributed by atoms with Gasteiger partial charge in [0.1, 0.15) is 0 Å². The third-order valence-corrected chi connectivity index (χ3v) is 3.25. The van der Waals surface area contributed by atoms with E-state index >= 15 is 0 Å². The molecule has 1 aromatic carbocycles. The Morgan fingerprint density at radius 2 is 2.18 bits per heavy atom. The first-order chi connectivity index (χ1) is 8.00. The van der Waals surface area contributed by atoms with E-state index in [2.05, 4.69) is 23.6 Å². The van der Waals surface area contributed by atoms with Crippen molar-refractivity contribution in [3.8, 4) is 0 Å². The van der Waals surface area contributed by atoms with Crippen LogP contribution in [0.5, 0.6) is 0 Å². The molecule has 0 aliphatic heterocycles. The predicted octanol–water partition coefficient (Wildman–Crippen LogP) is 2.75. The van der Waals surface area contributed by atoms with Gasteiger partial charge in [0.05, 0.1) is 5.92 Å². The van der Waals surface area contributed by atoms with Crippen molar-refractivity contribution in [2.45, 2.75) is 20.3 Å². The Morgan fingerprint density at radius 3 is 2.82 bits per heavy atom. The summed E-state index contributed by atoms with van der Waals surface area (Å²) in [6.07, 6.45) is 2.62. The van der Waals surface area contributed by atoms with Crippen LogP contribution in [0, 0.1) is 12.8 Å². The van der Waals surface area contributed by atoms with Crippen molar-refractivity contribution in [3.05, 3.63) is 35.5 Å². The minimum atomic E-state index is -0.740. The fourth-order valence-electron chi connectivity index (χ4n) is 2.30. The molecule has 1 N–H and O–H groups in total. The van der Waals surface area contributed by atoms with Crippen LogP contribution in [0.2, 0.25) is 0 Å². The Kier molecular flexibility index (Phi) is 2.92. The summed E-state index contributed by atoms with van der Waals surface area (Å²) in [4.78, 5) is 10.9. The molecule has 0 aliphatic carbocycles. The second-order valence-corrected chi connectivity index (χ2v) is 4.68. The summed E-state index contributed by atoms with van der Waals surface area (Å²) in [6, 6.07) is 6.16. The number of carboxylic acid groups (broad SMARTS) is 1. The van der Waals surface area contributed by atoms with E-state index < -0.39 is 5.97 Å². The van der Waals surface area contributed by atoms with Crippen LogP contribution in [0.25, 0.3) is 10.9 Å². The fraction of sp³-hybridized carbons (Fsp3) is 0.357. The van der Waals surface area contributed by atoms with Crippen LogP contribution in [0.4, 0.5) is 0 Å². The van der Waals surface area contributed by atoms with Gasteiger partial charge in [-0.3, -0.25) is 4.79 Å². The van der Waals surface area contributed by atoms with Gasteiger partial charge < -0.3 is 9.67 Å². The molecule has 0 aliphatic rings. The van der Waals surface area contributed by atoms with Crippen molar-refractivity contribution in [2.24, 2.45) is 13.0 Å². The predicted molar refractivity (Wildman–Crippen MR) is 68.2 cm³/mol. The molecule has 90 valence electrons. The van der Waals surface area contributed by atoms with Crippen LogP contribution in [-0.2, 0) is 18.3 Å². The molecular weight excluding hydrogens is 214 g/mol. The van der Waals surface area contributed by atoms with E-state index in [0.717, 1.165) is 11.1 Å². The van der Waals surface area contributed by atoms with Crippen LogP contribution in [0.3, 0.4) is 0 Å². The van der Waals surface area contributed by atoms with Gasteiger partial charge in [0.15, 0.2) is 0 Å². The zero-order valence-electron chi connectivity index (χ0n) is 10.4. The number of hydrogen-bond donors (Lipinski definition) is 1. The lowest BCUT2D eigenvalue weighted by molar-refractivity contribution is -0.141. The second kappa shape index (κ2) is 4.24. The molecule has 1 aromatic heterocycles. The number of benzene rings is 1. The highest BCUT2D eigenvalue weighted by Crippen LogP contribution is 2.26. The Balaban J connectivity index is 2.51. The zero-order chi connectivity index (χ0) is 12.6. The number of aromatic nitrogens is 1. The largest absolute Gasteiger partial charge is 0.481 e. The minimum Gasteiger partial charge on any atom is -0.481 e. The van der Waals surface area contributed by atoms with Crippen LogP contribution in [0.15, 0.2) is 24.4 Å². The molecule has 0 amide bonds. The highest BCUT2D eigenvalue weighted by atomic mass is 16.4. The average Bonchev–Trinajstić information content (AvgIpc) is 2.57. The second-order valence-electron chi connectivity index (χ2n) is 4.68. The summed E-state index contributed by atoms with van der Waals surface area (Å²) < 4.78 is 2.06. The first-order valence-corrected chi connectivity index (χ1v) is 5.77. The van der Waals surface area contributed by atoms with Gasteiger partial charge in [0, 0.05) is 24.1 Å². The Labute approximate surface area is 101 Å². The molecule has 1 heterocycles. The van der Waals surface area contributed by atoms with Crippen molar-refractivity contribution in [1.82, 2.24) is 4.57 Å². The average molecular weight is 231 g/mol. The lowest BCUT2D eigenvalue weighted by Gasteiger charge is -2.05. The fourth-order valence-corrected chi connectivity index (χ4v) is 2.30. The van der Waals surface area contributed by atoms with Gasteiger partial charge in [-0.1, -0.05) is 19.1 Å². The lowest BCUT2D eigenvalue weighted by atomic mass is 9.99. The summed E-state index contributed by atoms with van der Waals surface area (Å²) in [5.41, 5.74) is 3.49. The van der Waals surface area contributed by atoms with Gasteiger partial charge in [-0.05, 0) is 30.5 Å². The molecule has 3 nitrogen and oxygen atoms in total. The van der Waals surface area contributed by atoms with E-state index in [9.17, 15) is 4.79 Å². The maximum atomic E-state index is 10.9. The van der Waals surface area contributed by atoms with E-state index in [4.69, 9.17) is 5.11 Å². The van der Waals surface area contributed by atoms with Crippen LogP contribution >= 0.6 is 0 Å². The third-order valence-electron chi connectivity index (χ3n) is 3.25. The van der Waals surface area contributed by atoms with E-state index in [0.29, 0.717) is 6.42 Å². The van der Waals surface area contributed by atoms with Crippen molar-refractivity contribution >= 4 is 16.9 Å². The number of aryl methyl sites for hydroxylation is 2. The van der Waals surface area contributed by atoms with E-state index in [1.165, 1.54) is 10.9 Å². The highest BCUT2D eigenvalue weighted by Gasteiger charge is 2.16. The van der Waals surface area contributed by atoms with Gasteiger partial charge >= 0.3 is 5.97 Å². The van der Waals surface area contributed by atoms with E-state index in [-0.39, 0.29) is 5.92 Å². The molecule has 2 aromatic rings. The number of rotatable bonds is 3. The van der Waals surface area contributed by atoms with Gasteiger partial charge in [0.25, 0.3) is 0 Å². The van der Waals surface area contributed by atoms with Crippen molar-refractivity contribution in [1.29, 1.82) is 0 Å². The number of carboxylic acids is 1. The molecule has 0 saturated heterocycles. The summed E-state index contributed by atoms with van der Waals surface area (Å²) in [5.74, 6) is -1.09. The molecule has 1 unspecified atom stereocenters. The van der Waals surface area contributed by atoms with Crippen molar-refractivity contribution < 1.29 is 9.90 Å². The van der Waals surface area contributed by atoms with Crippen molar-refractivity contribution in [3.63, 3.8) is 0 Å². The highest BCUT2D eigenvalue weighted by molar-refractivity contribution is 5.87.